The van der Waals surface area contributed by atoms with Crippen LogP contribution in [0.3, 0.4) is 0 Å². The molecule has 1 aromatic heterocycles. The lowest BCUT2D eigenvalue weighted by Crippen LogP contribution is -2.16. The van der Waals surface area contributed by atoms with Gasteiger partial charge >= 0.3 is 0 Å². The number of aromatic nitrogens is 2. The zero-order chi connectivity index (χ0) is 11.3. The second-order valence-corrected chi connectivity index (χ2v) is 3.74. The first-order chi connectivity index (χ1) is 7.16. The van der Waals surface area contributed by atoms with Crippen LogP contribution in [-0.4, -0.2) is 37.6 Å². The Bertz CT molecular complexity index is 296. The summed E-state index contributed by atoms with van der Waals surface area (Å²) in [6, 6.07) is 0. The number of anilines is 2. The number of aryl methyl sites for hydroxylation is 1. The molecule has 1 aromatic rings. The van der Waals surface area contributed by atoms with Crippen molar-refractivity contribution >= 4 is 11.5 Å². The first-order valence-electron chi connectivity index (χ1n) is 5.14. The van der Waals surface area contributed by atoms with Crippen LogP contribution in [0.5, 0.6) is 0 Å². The topological polar surface area (TPSA) is 56.3 Å². The van der Waals surface area contributed by atoms with Gasteiger partial charge in [0.25, 0.3) is 0 Å². The van der Waals surface area contributed by atoms with Crippen LogP contribution in [0.4, 0.5) is 11.5 Å². The Morgan fingerprint density at radius 1 is 1.47 bits per heavy atom. The Balaban J connectivity index is 2.53. The maximum absolute atomic E-state index is 5.82. The van der Waals surface area contributed by atoms with E-state index in [1.165, 1.54) is 0 Å². The van der Waals surface area contributed by atoms with E-state index in [2.05, 4.69) is 5.10 Å². The van der Waals surface area contributed by atoms with Crippen LogP contribution in [0.25, 0.3) is 0 Å². The summed E-state index contributed by atoms with van der Waals surface area (Å²) in [5.74, 6) is 0.979. The summed E-state index contributed by atoms with van der Waals surface area (Å²) in [6.07, 6.45) is 3.80. The van der Waals surface area contributed by atoms with Crippen LogP contribution >= 0.6 is 0 Å². The molecule has 0 radical (unpaired) electrons. The normalized spacial score (nSPS) is 10.6. The average Bonchev–Trinajstić information content (AvgIpc) is 2.54. The summed E-state index contributed by atoms with van der Waals surface area (Å²) in [4.78, 5) is 1.98. The standard InChI is InChI=1S/C10H20N4O/c1-13(2)10-9(11)8-12-14(10)6-4-5-7-15-3/h8H,4-7,11H2,1-3H3. The highest BCUT2D eigenvalue weighted by Gasteiger charge is 2.09. The predicted octanol–water partition coefficient (Wildman–Crippen LogP) is 0.958. The minimum Gasteiger partial charge on any atom is -0.394 e. The molecule has 0 bridgehead atoms. The van der Waals surface area contributed by atoms with Gasteiger partial charge in [0.2, 0.25) is 0 Å². The Labute approximate surface area is 90.8 Å². The molecule has 0 aliphatic heterocycles. The molecule has 0 saturated heterocycles. The van der Waals surface area contributed by atoms with Crippen molar-refractivity contribution in [3.8, 4) is 0 Å². The van der Waals surface area contributed by atoms with Crippen LogP contribution < -0.4 is 10.6 Å². The molecule has 86 valence electrons. The van der Waals surface area contributed by atoms with Gasteiger partial charge in [-0.2, -0.15) is 5.10 Å². The van der Waals surface area contributed by atoms with E-state index in [4.69, 9.17) is 10.5 Å². The lowest BCUT2D eigenvalue weighted by Gasteiger charge is -2.15. The second kappa shape index (κ2) is 5.60. The van der Waals surface area contributed by atoms with Crippen molar-refractivity contribution in [2.24, 2.45) is 0 Å². The molecule has 1 heterocycles. The van der Waals surface area contributed by atoms with Gasteiger partial charge < -0.3 is 15.4 Å². The summed E-state index contributed by atoms with van der Waals surface area (Å²) in [7, 11) is 5.66. The Morgan fingerprint density at radius 3 is 2.80 bits per heavy atom. The number of nitrogens with two attached hydrogens (primary N) is 1. The highest BCUT2D eigenvalue weighted by atomic mass is 16.5. The average molecular weight is 212 g/mol. The largest absolute Gasteiger partial charge is 0.394 e. The summed E-state index contributed by atoms with van der Waals surface area (Å²) >= 11 is 0. The van der Waals surface area contributed by atoms with Crippen molar-refractivity contribution in [2.45, 2.75) is 19.4 Å². The van der Waals surface area contributed by atoms with Crippen LogP contribution in [0.2, 0.25) is 0 Å². The van der Waals surface area contributed by atoms with Gasteiger partial charge in [0.1, 0.15) is 5.82 Å². The number of methoxy groups -OCH3 is 1. The van der Waals surface area contributed by atoms with Crippen LogP contribution in [0.1, 0.15) is 12.8 Å². The maximum atomic E-state index is 5.82. The van der Waals surface area contributed by atoms with Crippen LogP contribution in [-0.2, 0) is 11.3 Å². The van der Waals surface area contributed by atoms with Gasteiger partial charge in [0, 0.05) is 34.4 Å². The summed E-state index contributed by atoms with van der Waals surface area (Å²) in [6.45, 7) is 1.68. The van der Waals surface area contributed by atoms with Gasteiger partial charge in [-0.05, 0) is 12.8 Å². The Hall–Kier alpha value is -1.23. The number of hydrogen-bond acceptors (Lipinski definition) is 4. The molecule has 5 nitrogen and oxygen atoms in total. The number of nitrogen functional groups attached to an aromatic ring is 1. The lowest BCUT2D eigenvalue weighted by molar-refractivity contribution is 0.191. The Morgan fingerprint density at radius 2 is 2.20 bits per heavy atom. The molecule has 0 amide bonds. The van der Waals surface area contributed by atoms with Gasteiger partial charge in [-0.25, -0.2) is 4.68 Å². The smallest absolute Gasteiger partial charge is 0.149 e. The van der Waals surface area contributed by atoms with Crippen molar-refractivity contribution < 1.29 is 4.74 Å². The van der Waals surface area contributed by atoms with E-state index in [0.29, 0.717) is 0 Å². The molecule has 1 rings (SSSR count). The molecule has 5 heteroatoms. The molecular weight excluding hydrogens is 192 g/mol. The SMILES string of the molecule is COCCCCn1ncc(N)c1N(C)C. The summed E-state index contributed by atoms with van der Waals surface area (Å²) in [5.41, 5.74) is 6.55. The highest BCUT2D eigenvalue weighted by Crippen LogP contribution is 2.20. The fourth-order valence-corrected chi connectivity index (χ4v) is 1.55. The molecular formula is C10H20N4O. The minimum atomic E-state index is 0.728. The monoisotopic (exact) mass is 212 g/mol. The van der Waals surface area contributed by atoms with E-state index in [1.807, 2.05) is 23.7 Å². The molecule has 15 heavy (non-hydrogen) atoms. The van der Waals surface area contributed by atoms with Gasteiger partial charge in [-0.1, -0.05) is 0 Å². The molecule has 2 N–H and O–H groups in total. The number of nitrogens with zero attached hydrogens (tertiary/aromatic N) is 3. The molecule has 0 aromatic carbocycles. The van der Waals surface area contributed by atoms with Crippen LogP contribution in [0, 0.1) is 0 Å². The molecule has 0 spiro atoms. The van der Waals surface area contributed by atoms with E-state index in [9.17, 15) is 0 Å². The second-order valence-electron chi connectivity index (χ2n) is 3.74. The van der Waals surface area contributed by atoms with Crippen molar-refractivity contribution in [1.82, 2.24) is 9.78 Å². The molecule has 0 aliphatic rings. The first-order valence-corrected chi connectivity index (χ1v) is 5.14. The van der Waals surface area contributed by atoms with Crippen molar-refractivity contribution in [3.05, 3.63) is 6.20 Å². The van der Waals surface area contributed by atoms with Crippen molar-refractivity contribution in [2.75, 3.05) is 38.4 Å². The third-order valence-electron chi connectivity index (χ3n) is 2.23. The highest BCUT2D eigenvalue weighted by molar-refractivity contribution is 5.61. The zero-order valence-corrected chi connectivity index (χ0v) is 9.73. The summed E-state index contributed by atoms with van der Waals surface area (Å²) in [5, 5.41) is 4.24. The fraction of sp³-hybridized carbons (Fsp3) is 0.700. The van der Waals surface area contributed by atoms with Gasteiger partial charge in [0.15, 0.2) is 0 Å². The third kappa shape index (κ3) is 3.13. The van der Waals surface area contributed by atoms with E-state index in [1.54, 1.807) is 13.3 Å². The predicted molar refractivity (Wildman–Crippen MR) is 62.1 cm³/mol. The molecule has 0 fully saturated rings. The zero-order valence-electron chi connectivity index (χ0n) is 9.73. The van der Waals surface area contributed by atoms with E-state index < -0.39 is 0 Å². The van der Waals surface area contributed by atoms with E-state index >= 15 is 0 Å². The Kier molecular flexibility index (Phi) is 4.42. The van der Waals surface area contributed by atoms with E-state index in [-0.39, 0.29) is 0 Å². The fourth-order valence-electron chi connectivity index (χ4n) is 1.55. The van der Waals surface area contributed by atoms with Gasteiger partial charge in [0.05, 0.1) is 11.9 Å². The van der Waals surface area contributed by atoms with E-state index in [0.717, 1.165) is 37.5 Å². The number of hydrogen-bond donors (Lipinski definition) is 1. The number of ether oxygens (including phenoxy) is 1. The number of rotatable bonds is 6. The summed E-state index contributed by atoms with van der Waals surface area (Å²) < 4.78 is 6.93. The minimum absolute atomic E-state index is 0.728. The van der Waals surface area contributed by atoms with Gasteiger partial charge in [-0.15, -0.1) is 0 Å². The van der Waals surface area contributed by atoms with Crippen molar-refractivity contribution in [1.29, 1.82) is 0 Å². The maximum Gasteiger partial charge on any atom is 0.149 e. The van der Waals surface area contributed by atoms with Crippen LogP contribution in [0.15, 0.2) is 6.20 Å². The quantitative estimate of drug-likeness (QED) is 0.713. The molecule has 0 aliphatic carbocycles. The first kappa shape index (κ1) is 11.8. The number of unbranched alkanes of at least 4 members (excludes halogenated alkanes) is 1. The molecule has 0 saturated carbocycles. The van der Waals surface area contributed by atoms with Crippen molar-refractivity contribution in [3.63, 3.8) is 0 Å². The molecule has 0 atom stereocenters. The third-order valence-corrected chi connectivity index (χ3v) is 2.23. The lowest BCUT2D eigenvalue weighted by atomic mass is 10.3. The van der Waals surface area contributed by atoms with Gasteiger partial charge in [-0.3, -0.25) is 0 Å². The molecule has 0 unspecified atom stereocenters.